The van der Waals surface area contributed by atoms with E-state index in [2.05, 4.69) is 37.3 Å². The van der Waals surface area contributed by atoms with Crippen LogP contribution >= 0.6 is 0 Å². The van der Waals surface area contributed by atoms with Gasteiger partial charge in [-0.05, 0) is 66.5 Å². The predicted molar refractivity (Wildman–Crippen MR) is 113 cm³/mol. The fraction of sp³-hybridized carbons (Fsp3) is 0.320. The number of hydrogen-bond acceptors (Lipinski definition) is 3. The van der Waals surface area contributed by atoms with E-state index in [9.17, 15) is 0 Å². The topological polar surface area (TPSA) is 42.2 Å². The second kappa shape index (κ2) is 9.28. The summed E-state index contributed by atoms with van der Waals surface area (Å²) in [6, 6.07) is 15.7. The van der Waals surface area contributed by atoms with Gasteiger partial charge in [-0.15, -0.1) is 0 Å². The molecule has 0 saturated heterocycles. The molecule has 0 aliphatic heterocycles. The van der Waals surface area contributed by atoms with Crippen LogP contribution in [0.1, 0.15) is 38.2 Å². The molecule has 2 aromatic carbocycles. The smallest absolute Gasteiger partial charge is 0.161 e. The first-order chi connectivity index (χ1) is 13.6. The van der Waals surface area contributed by atoms with Crippen LogP contribution in [0.25, 0.3) is 11.1 Å². The summed E-state index contributed by atoms with van der Waals surface area (Å²) in [6.45, 7) is 2.99. The average Bonchev–Trinajstić information content (AvgIpc) is 2.74. The molecule has 144 valence electrons. The summed E-state index contributed by atoms with van der Waals surface area (Å²) in [6.07, 6.45) is 13.3. The lowest BCUT2D eigenvalue weighted by atomic mass is 9.79. The summed E-state index contributed by atoms with van der Waals surface area (Å²) in [4.78, 5) is 0. The third-order valence-corrected chi connectivity index (χ3v) is 5.24. The number of hydrogen-bond donors (Lipinski definition) is 0. The first-order valence-electron chi connectivity index (χ1n) is 9.79. The maximum absolute atomic E-state index is 8.96. The number of nitrogens with zero attached hydrogens (tertiary/aromatic N) is 1. The summed E-state index contributed by atoms with van der Waals surface area (Å²) in [5, 5.41) is 8.96. The Morgan fingerprint density at radius 1 is 1.00 bits per heavy atom. The molecule has 3 nitrogen and oxygen atoms in total. The number of benzene rings is 2. The van der Waals surface area contributed by atoms with Crippen LogP contribution in [0, 0.1) is 16.7 Å². The number of methoxy groups -OCH3 is 1. The number of unbranched alkanes of at least 4 members (excludes halogenated alkanes) is 1. The Bertz CT molecular complexity index is 890. The van der Waals surface area contributed by atoms with Crippen molar-refractivity contribution in [3.63, 3.8) is 0 Å². The zero-order valence-corrected chi connectivity index (χ0v) is 16.7. The van der Waals surface area contributed by atoms with Crippen LogP contribution in [0.5, 0.6) is 11.5 Å². The van der Waals surface area contributed by atoms with Crippen LogP contribution in [0.15, 0.2) is 66.8 Å². The van der Waals surface area contributed by atoms with E-state index in [-0.39, 0.29) is 5.41 Å². The summed E-state index contributed by atoms with van der Waals surface area (Å²) in [7, 11) is 1.66. The maximum Gasteiger partial charge on any atom is 0.161 e. The van der Waals surface area contributed by atoms with E-state index in [4.69, 9.17) is 14.7 Å². The number of rotatable bonds is 8. The van der Waals surface area contributed by atoms with E-state index < -0.39 is 0 Å². The Kier molecular flexibility index (Phi) is 6.55. The molecule has 2 aromatic rings. The highest BCUT2D eigenvalue weighted by Crippen LogP contribution is 2.34. The molecule has 1 unspecified atom stereocenters. The van der Waals surface area contributed by atoms with Gasteiger partial charge in [0.05, 0.1) is 25.3 Å². The van der Waals surface area contributed by atoms with Crippen LogP contribution in [0.4, 0.5) is 0 Å². The van der Waals surface area contributed by atoms with Gasteiger partial charge < -0.3 is 9.47 Å². The molecule has 3 rings (SSSR count). The van der Waals surface area contributed by atoms with Crippen LogP contribution in [-0.2, 0) is 0 Å². The number of ether oxygens (including phenoxy) is 2. The molecule has 0 heterocycles. The minimum Gasteiger partial charge on any atom is -0.493 e. The maximum atomic E-state index is 8.96. The molecule has 0 N–H and O–H groups in total. The van der Waals surface area contributed by atoms with E-state index in [0.29, 0.717) is 12.2 Å². The Hall–Kier alpha value is -2.99. The van der Waals surface area contributed by atoms with Crippen LogP contribution < -0.4 is 9.47 Å². The van der Waals surface area contributed by atoms with Gasteiger partial charge in [0.1, 0.15) is 0 Å². The summed E-state index contributed by atoms with van der Waals surface area (Å²) in [5.41, 5.74) is 3.04. The third kappa shape index (κ3) is 5.04. The van der Waals surface area contributed by atoms with Gasteiger partial charge in [0, 0.05) is 0 Å². The zero-order chi connectivity index (χ0) is 19.8. The Balaban J connectivity index is 1.58. The lowest BCUT2D eigenvalue weighted by Gasteiger charge is -2.26. The zero-order valence-electron chi connectivity index (χ0n) is 16.7. The van der Waals surface area contributed by atoms with Crippen molar-refractivity contribution in [2.75, 3.05) is 13.7 Å². The largest absolute Gasteiger partial charge is 0.493 e. The Morgan fingerprint density at radius 3 is 2.46 bits per heavy atom. The lowest BCUT2D eigenvalue weighted by Crippen LogP contribution is -2.14. The molecule has 3 heteroatoms. The molecule has 0 aromatic heterocycles. The molecule has 0 radical (unpaired) electrons. The van der Waals surface area contributed by atoms with Crippen molar-refractivity contribution >= 4 is 0 Å². The number of nitriles is 1. The molecule has 1 aliphatic carbocycles. The highest BCUT2D eigenvalue weighted by atomic mass is 16.5. The molecular formula is C25H27NO2. The molecule has 1 atom stereocenters. The van der Waals surface area contributed by atoms with Gasteiger partial charge in [-0.3, -0.25) is 0 Å². The summed E-state index contributed by atoms with van der Waals surface area (Å²) < 4.78 is 11.5. The standard InChI is InChI=1S/C25H27NO2/c1-25(14-4-3-5-15-25)16-6-7-17-28-24-18-22(12-13-23(24)27-2)21-10-8-20(19-26)9-11-21/h3-5,8-14,18H,6-7,15-17H2,1-2H3. The van der Waals surface area contributed by atoms with Crippen molar-refractivity contribution in [1.82, 2.24) is 0 Å². The normalized spacial score (nSPS) is 17.9. The quantitative estimate of drug-likeness (QED) is 0.510. The van der Waals surface area contributed by atoms with Crippen molar-refractivity contribution in [2.24, 2.45) is 5.41 Å². The minimum atomic E-state index is 0.280. The monoisotopic (exact) mass is 373 g/mol. The van der Waals surface area contributed by atoms with E-state index in [0.717, 1.165) is 41.9 Å². The van der Waals surface area contributed by atoms with Gasteiger partial charge in [-0.25, -0.2) is 0 Å². The lowest BCUT2D eigenvalue weighted by molar-refractivity contribution is 0.274. The van der Waals surface area contributed by atoms with Crippen LogP contribution in [0.3, 0.4) is 0 Å². The van der Waals surface area contributed by atoms with Crippen molar-refractivity contribution in [3.8, 4) is 28.7 Å². The highest BCUT2D eigenvalue weighted by molar-refractivity contribution is 5.67. The van der Waals surface area contributed by atoms with Gasteiger partial charge in [-0.2, -0.15) is 5.26 Å². The van der Waals surface area contributed by atoms with Gasteiger partial charge in [0.15, 0.2) is 11.5 Å². The van der Waals surface area contributed by atoms with Crippen molar-refractivity contribution in [3.05, 3.63) is 72.3 Å². The molecule has 1 aliphatic rings. The second-order valence-corrected chi connectivity index (χ2v) is 7.51. The fourth-order valence-corrected chi connectivity index (χ4v) is 3.48. The molecule has 28 heavy (non-hydrogen) atoms. The summed E-state index contributed by atoms with van der Waals surface area (Å²) in [5.74, 6) is 1.50. The Labute approximate surface area is 167 Å². The van der Waals surface area contributed by atoms with Crippen molar-refractivity contribution < 1.29 is 9.47 Å². The first-order valence-corrected chi connectivity index (χ1v) is 9.79. The van der Waals surface area contributed by atoms with Crippen molar-refractivity contribution in [1.29, 1.82) is 5.26 Å². The molecular weight excluding hydrogens is 346 g/mol. The van der Waals surface area contributed by atoms with Crippen LogP contribution in [0.2, 0.25) is 0 Å². The molecule has 0 spiro atoms. The van der Waals surface area contributed by atoms with E-state index >= 15 is 0 Å². The molecule has 0 saturated carbocycles. The molecule has 0 bridgehead atoms. The van der Waals surface area contributed by atoms with Gasteiger partial charge >= 0.3 is 0 Å². The van der Waals surface area contributed by atoms with E-state index in [1.54, 1.807) is 7.11 Å². The van der Waals surface area contributed by atoms with Gasteiger partial charge in [-0.1, -0.05) is 49.4 Å². The fourth-order valence-electron chi connectivity index (χ4n) is 3.48. The first kappa shape index (κ1) is 19.8. The third-order valence-electron chi connectivity index (χ3n) is 5.24. The van der Waals surface area contributed by atoms with Crippen LogP contribution in [-0.4, -0.2) is 13.7 Å². The Morgan fingerprint density at radius 2 is 1.79 bits per heavy atom. The SMILES string of the molecule is COc1ccc(-c2ccc(C#N)cc2)cc1OCCCCC1(C)C=CC=CC1. The molecule has 0 fully saturated rings. The average molecular weight is 373 g/mol. The highest BCUT2D eigenvalue weighted by Gasteiger charge is 2.20. The van der Waals surface area contributed by atoms with Gasteiger partial charge in [0.25, 0.3) is 0 Å². The van der Waals surface area contributed by atoms with Crippen molar-refractivity contribution in [2.45, 2.75) is 32.6 Å². The van der Waals surface area contributed by atoms with E-state index in [1.807, 2.05) is 42.5 Å². The second-order valence-electron chi connectivity index (χ2n) is 7.51. The molecule has 0 amide bonds. The van der Waals surface area contributed by atoms with Gasteiger partial charge in [0.2, 0.25) is 0 Å². The predicted octanol–water partition coefficient (Wildman–Crippen LogP) is 6.31. The minimum absolute atomic E-state index is 0.280. The summed E-state index contributed by atoms with van der Waals surface area (Å²) >= 11 is 0. The van der Waals surface area contributed by atoms with E-state index in [1.165, 1.54) is 6.42 Å². The number of allylic oxidation sites excluding steroid dienone is 4.